The van der Waals surface area contributed by atoms with E-state index >= 15 is 0 Å². The van der Waals surface area contributed by atoms with Crippen LogP contribution in [0.5, 0.6) is 0 Å². The summed E-state index contributed by atoms with van der Waals surface area (Å²) in [4.78, 5) is 15.3. The predicted octanol–water partition coefficient (Wildman–Crippen LogP) is 4.69. The minimum Gasteiger partial charge on any atom is -0.331 e. The number of benzene rings is 1. The fourth-order valence-corrected chi connectivity index (χ4v) is 3.71. The van der Waals surface area contributed by atoms with E-state index in [1.165, 1.54) is 22.5 Å². The third-order valence-corrected chi connectivity index (χ3v) is 4.98. The summed E-state index contributed by atoms with van der Waals surface area (Å²) in [7, 11) is 0. The second-order valence-corrected chi connectivity index (χ2v) is 6.89. The molecule has 2 heterocycles. The van der Waals surface area contributed by atoms with Crippen LogP contribution in [0.25, 0.3) is 0 Å². The van der Waals surface area contributed by atoms with Crippen LogP contribution in [0.15, 0.2) is 36.4 Å². The van der Waals surface area contributed by atoms with Crippen molar-refractivity contribution in [1.82, 2.24) is 4.90 Å². The summed E-state index contributed by atoms with van der Waals surface area (Å²) in [6.45, 7) is 2.90. The summed E-state index contributed by atoms with van der Waals surface area (Å²) in [6.07, 6.45) is 2.09. The molecule has 104 valence electrons. The zero-order valence-corrected chi connectivity index (χ0v) is 12.9. The molecule has 1 saturated heterocycles. The van der Waals surface area contributed by atoms with Crippen LogP contribution in [0.3, 0.4) is 0 Å². The number of hydrogen-bond donors (Lipinski definition) is 0. The highest BCUT2D eigenvalue weighted by Gasteiger charge is 2.31. The molecule has 2 nitrogen and oxygen atoms in total. The van der Waals surface area contributed by atoms with Gasteiger partial charge in [-0.2, -0.15) is 0 Å². The molecule has 1 unspecified atom stereocenters. The number of carbonyl (C=O) groups excluding carboxylic acids is 1. The van der Waals surface area contributed by atoms with E-state index in [4.69, 9.17) is 11.6 Å². The average Bonchev–Trinajstić information content (AvgIpc) is 3.07. The number of aryl methyl sites for hydroxylation is 1. The summed E-state index contributed by atoms with van der Waals surface area (Å²) in [5.41, 5.74) is 2.47. The monoisotopic (exact) mass is 305 g/mol. The van der Waals surface area contributed by atoms with E-state index in [1.807, 2.05) is 11.0 Å². The first-order chi connectivity index (χ1) is 9.65. The SMILES string of the molecule is Cc1ccc(C2CCCN2C(=O)c2ccc(Cl)s2)cc1. The number of rotatable bonds is 2. The summed E-state index contributed by atoms with van der Waals surface area (Å²) in [5, 5.41) is 0. The molecule has 0 spiro atoms. The second kappa shape index (κ2) is 5.58. The second-order valence-electron chi connectivity index (χ2n) is 5.17. The maximum absolute atomic E-state index is 12.6. The molecule has 1 amide bonds. The molecule has 0 radical (unpaired) electrons. The van der Waals surface area contributed by atoms with Crippen LogP contribution in [0.2, 0.25) is 4.34 Å². The topological polar surface area (TPSA) is 20.3 Å². The van der Waals surface area contributed by atoms with Crippen LogP contribution in [-0.4, -0.2) is 17.4 Å². The van der Waals surface area contributed by atoms with Crippen molar-refractivity contribution in [3.8, 4) is 0 Å². The standard InChI is InChI=1S/C16H16ClNOS/c1-11-4-6-12(7-5-11)13-3-2-10-18(13)16(19)14-8-9-15(17)20-14/h4-9,13H,2-3,10H2,1H3. The fraction of sp³-hybridized carbons (Fsp3) is 0.312. The van der Waals surface area contributed by atoms with E-state index in [0.717, 1.165) is 24.3 Å². The normalized spacial score (nSPS) is 18.5. The van der Waals surface area contributed by atoms with Crippen LogP contribution in [0.4, 0.5) is 0 Å². The van der Waals surface area contributed by atoms with Gasteiger partial charge in [0.05, 0.1) is 15.3 Å². The van der Waals surface area contributed by atoms with Gasteiger partial charge in [0.2, 0.25) is 0 Å². The van der Waals surface area contributed by atoms with Gasteiger partial charge in [-0.25, -0.2) is 0 Å². The molecule has 0 aliphatic carbocycles. The van der Waals surface area contributed by atoms with Crippen LogP contribution >= 0.6 is 22.9 Å². The average molecular weight is 306 g/mol. The van der Waals surface area contributed by atoms with Gasteiger partial charge < -0.3 is 4.90 Å². The molecule has 0 N–H and O–H groups in total. The van der Waals surface area contributed by atoms with Gasteiger partial charge in [-0.05, 0) is 37.5 Å². The highest BCUT2D eigenvalue weighted by atomic mass is 35.5. The number of amides is 1. The van der Waals surface area contributed by atoms with Crippen LogP contribution in [-0.2, 0) is 0 Å². The van der Waals surface area contributed by atoms with Crippen molar-refractivity contribution in [3.05, 3.63) is 56.7 Å². The minimum atomic E-state index is 0.102. The third kappa shape index (κ3) is 2.60. The van der Waals surface area contributed by atoms with Crippen LogP contribution in [0, 0.1) is 6.92 Å². The smallest absolute Gasteiger partial charge is 0.264 e. The molecule has 0 bridgehead atoms. The Kier molecular flexibility index (Phi) is 3.81. The Morgan fingerprint density at radius 1 is 1.25 bits per heavy atom. The molecule has 1 aromatic carbocycles. The molecule has 20 heavy (non-hydrogen) atoms. The predicted molar refractivity (Wildman–Crippen MR) is 83.5 cm³/mol. The molecule has 3 rings (SSSR count). The number of likely N-dealkylation sites (tertiary alicyclic amines) is 1. The molecule has 1 aromatic heterocycles. The first-order valence-corrected chi connectivity index (χ1v) is 7.97. The quantitative estimate of drug-likeness (QED) is 0.788. The van der Waals surface area contributed by atoms with Crippen molar-refractivity contribution >= 4 is 28.8 Å². The number of nitrogens with zero attached hydrogens (tertiary/aromatic N) is 1. The Morgan fingerprint density at radius 3 is 2.65 bits per heavy atom. The zero-order chi connectivity index (χ0) is 14.1. The Labute approximate surface area is 128 Å². The minimum absolute atomic E-state index is 0.102. The van der Waals surface area contributed by atoms with Crippen molar-refractivity contribution < 1.29 is 4.79 Å². The van der Waals surface area contributed by atoms with Crippen molar-refractivity contribution in [2.75, 3.05) is 6.54 Å². The number of hydrogen-bond acceptors (Lipinski definition) is 2. The van der Waals surface area contributed by atoms with Gasteiger partial charge in [0.25, 0.3) is 5.91 Å². The van der Waals surface area contributed by atoms with Gasteiger partial charge in [-0.3, -0.25) is 4.79 Å². The summed E-state index contributed by atoms with van der Waals surface area (Å²) < 4.78 is 0.666. The summed E-state index contributed by atoms with van der Waals surface area (Å²) in [6, 6.07) is 12.3. The lowest BCUT2D eigenvalue weighted by Gasteiger charge is -2.24. The van der Waals surface area contributed by atoms with Gasteiger partial charge in [0.15, 0.2) is 0 Å². The highest BCUT2D eigenvalue weighted by Crippen LogP contribution is 2.34. The Balaban J connectivity index is 1.85. The van der Waals surface area contributed by atoms with Gasteiger partial charge >= 0.3 is 0 Å². The van der Waals surface area contributed by atoms with Gasteiger partial charge in [-0.15, -0.1) is 11.3 Å². The lowest BCUT2D eigenvalue weighted by atomic mass is 10.0. The van der Waals surface area contributed by atoms with E-state index < -0.39 is 0 Å². The van der Waals surface area contributed by atoms with E-state index in [9.17, 15) is 4.79 Å². The molecule has 2 aromatic rings. The molecule has 1 aliphatic heterocycles. The van der Waals surface area contributed by atoms with Crippen molar-refractivity contribution in [2.45, 2.75) is 25.8 Å². The fourth-order valence-electron chi connectivity index (χ4n) is 2.72. The molecular weight excluding hydrogens is 290 g/mol. The number of thiophene rings is 1. The summed E-state index contributed by atoms with van der Waals surface area (Å²) >= 11 is 7.29. The maximum atomic E-state index is 12.6. The molecule has 1 atom stereocenters. The van der Waals surface area contributed by atoms with Crippen molar-refractivity contribution in [1.29, 1.82) is 0 Å². The maximum Gasteiger partial charge on any atom is 0.264 e. The van der Waals surface area contributed by atoms with Gasteiger partial charge in [-0.1, -0.05) is 41.4 Å². The lowest BCUT2D eigenvalue weighted by molar-refractivity contribution is 0.0740. The highest BCUT2D eigenvalue weighted by molar-refractivity contribution is 7.17. The number of halogens is 1. The van der Waals surface area contributed by atoms with Crippen molar-refractivity contribution in [3.63, 3.8) is 0 Å². The zero-order valence-electron chi connectivity index (χ0n) is 11.3. The van der Waals surface area contributed by atoms with Crippen molar-refractivity contribution in [2.24, 2.45) is 0 Å². The van der Waals surface area contributed by atoms with E-state index in [2.05, 4.69) is 31.2 Å². The first kappa shape index (κ1) is 13.7. The Morgan fingerprint density at radius 2 is 2.00 bits per heavy atom. The lowest BCUT2D eigenvalue weighted by Crippen LogP contribution is -2.29. The van der Waals surface area contributed by atoms with E-state index in [-0.39, 0.29) is 11.9 Å². The van der Waals surface area contributed by atoms with Crippen LogP contribution in [0.1, 0.15) is 39.7 Å². The van der Waals surface area contributed by atoms with E-state index in [1.54, 1.807) is 6.07 Å². The van der Waals surface area contributed by atoms with E-state index in [0.29, 0.717) is 4.34 Å². The first-order valence-electron chi connectivity index (χ1n) is 6.78. The molecular formula is C16H16ClNOS. The Bertz CT molecular complexity index is 620. The summed E-state index contributed by atoms with van der Waals surface area (Å²) in [5.74, 6) is 0.102. The molecule has 0 saturated carbocycles. The molecule has 4 heteroatoms. The van der Waals surface area contributed by atoms with Gasteiger partial charge in [0, 0.05) is 6.54 Å². The largest absolute Gasteiger partial charge is 0.331 e. The molecule has 1 aliphatic rings. The Hall–Kier alpha value is -1.32. The third-order valence-electron chi connectivity index (χ3n) is 3.76. The van der Waals surface area contributed by atoms with Crippen LogP contribution < -0.4 is 0 Å². The molecule has 1 fully saturated rings. The number of carbonyl (C=O) groups is 1. The van der Waals surface area contributed by atoms with Gasteiger partial charge in [0.1, 0.15) is 0 Å².